The van der Waals surface area contributed by atoms with Crippen LogP contribution in [0.1, 0.15) is 10.5 Å². The molecule has 8 nitrogen and oxygen atoms in total. The summed E-state index contributed by atoms with van der Waals surface area (Å²) in [6, 6.07) is 14.9. The predicted octanol–water partition coefficient (Wildman–Crippen LogP) is 2.65. The van der Waals surface area contributed by atoms with Gasteiger partial charge in [0.25, 0.3) is 5.91 Å². The first-order valence-corrected chi connectivity index (χ1v) is 9.15. The first-order valence-electron chi connectivity index (χ1n) is 9.15. The molecule has 8 heteroatoms. The van der Waals surface area contributed by atoms with Gasteiger partial charge in [0.2, 0.25) is 0 Å². The average Bonchev–Trinajstić information content (AvgIpc) is 3.14. The fourth-order valence-electron chi connectivity index (χ4n) is 3.03. The molecule has 1 amide bonds. The van der Waals surface area contributed by atoms with Crippen LogP contribution in [0.5, 0.6) is 0 Å². The van der Waals surface area contributed by atoms with E-state index in [1.165, 1.54) is 0 Å². The van der Waals surface area contributed by atoms with Crippen LogP contribution in [0.25, 0.3) is 0 Å². The maximum Gasteiger partial charge on any atom is 0.274 e. The first-order chi connectivity index (χ1) is 13.7. The standard InChI is InChI=1S/C20H22N6O2/c1-25-19(9-10-21-25)24-18-4-2-3-17(23-18)20(27)22-15-5-7-16(8-6-15)26-11-13-28-14-12-26/h2-10H,11-14H2,1H3,(H,22,27)(H,23,24). The number of rotatable bonds is 5. The van der Waals surface area contributed by atoms with E-state index >= 15 is 0 Å². The van der Waals surface area contributed by atoms with Crippen molar-refractivity contribution < 1.29 is 9.53 Å². The van der Waals surface area contributed by atoms with Crippen LogP contribution in [0.2, 0.25) is 0 Å². The Morgan fingerprint density at radius 1 is 1.07 bits per heavy atom. The molecule has 3 heterocycles. The van der Waals surface area contributed by atoms with E-state index in [9.17, 15) is 4.79 Å². The van der Waals surface area contributed by atoms with E-state index in [-0.39, 0.29) is 5.91 Å². The Balaban J connectivity index is 1.42. The Kier molecular flexibility index (Phi) is 5.20. The largest absolute Gasteiger partial charge is 0.378 e. The van der Waals surface area contributed by atoms with Crippen molar-refractivity contribution in [2.24, 2.45) is 7.05 Å². The highest BCUT2D eigenvalue weighted by atomic mass is 16.5. The van der Waals surface area contributed by atoms with Gasteiger partial charge in [0.15, 0.2) is 0 Å². The Hall–Kier alpha value is -3.39. The van der Waals surface area contributed by atoms with Crippen molar-refractivity contribution in [2.75, 3.05) is 41.8 Å². The molecule has 3 aromatic rings. The molecule has 2 N–H and O–H groups in total. The molecule has 0 bridgehead atoms. The van der Waals surface area contributed by atoms with Crippen molar-refractivity contribution in [3.8, 4) is 0 Å². The van der Waals surface area contributed by atoms with Crippen molar-refractivity contribution in [3.63, 3.8) is 0 Å². The molecule has 1 aliphatic rings. The van der Waals surface area contributed by atoms with Gasteiger partial charge < -0.3 is 20.3 Å². The molecule has 1 aromatic carbocycles. The number of hydrogen-bond donors (Lipinski definition) is 2. The molecule has 0 atom stereocenters. The molecule has 1 fully saturated rings. The monoisotopic (exact) mass is 378 g/mol. The lowest BCUT2D eigenvalue weighted by molar-refractivity contribution is 0.102. The number of hydrogen-bond acceptors (Lipinski definition) is 6. The van der Waals surface area contributed by atoms with Crippen molar-refractivity contribution in [1.29, 1.82) is 0 Å². The van der Waals surface area contributed by atoms with Gasteiger partial charge in [-0.15, -0.1) is 0 Å². The highest BCUT2D eigenvalue weighted by Crippen LogP contribution is 2.20. The fourth-order valence-corrected chi connectivity index (χ4v) is 3.03. The summed E-state index contributed by atoms with van der Waals surface area (Å²) >= 11 is 0. The van der Waals surface area contributed by atoms with E-state index < -0.39 is 0 Å². The molecule has 4 rings (SSSR count). The second kappa shape index (κ2) is 8.10. The van der Waals surface area contributed by atoms with Gasteiger partial charge in [-0.05, 0) is 36.4 Å². The summed E-state index contributed by atoms with van der Waals surface area (Å²) in [7, 11) is 1.83. The van der Waals surface area contributed by atoms with E-state index in [0.717, 1.165) is 43.5 Å². The Labute approximate surface area is 163 Å². The Morgan fingerprint density at radius 3 is 2.57 bits per heavy atom. The summed E-state index contributed by atoms with van der Waals surface area (Å²) in [5, 5.41) is 10.1. The van der Waals surface area contributed by atoms with Crippen LogP contribution in [-0.2, 0) is 11.8 Å². The van der Waals surface area contributed by atoms with Crippen LogP contribution in [0, 0.1) is 0 Å². The minimum absolute atomic E-state index is 0.257. The third kappa shape index (κ3) is 4.12. The zero-order chi connectivity index (χ0) is 19.3. The summed E-state index contributed by atoms with van der Waals surface area (Å²) < 4.78 is 7.08. The van der Waals surface area contributed by atoms with Crippen LogP contribution in [0.4, 0.5) is 23.0 Å². The molecular formula is C20H22N6O2. The number of benzene rings is 1. The zero-order valence-corrected chi connectivity index (χ0v) is 15.6. The van der Waals surface area contributed by atoms with Crippen LogP contribution in [0.15, 0.2) is 54.7 Å². The lowest BCUT2D eigenvalue weighted by Gasteiger charge is -2.28. The Morgan fingerprint density at radius 2 is 1.86 bits per heavy atom. The van der Waals surface area contributed by atoms with E-state index in [1.54, 1.807) is 29.1 Å². The normalized spacial score (nSPS) is 14.0. The minimum Gasteiger partial charge on any atom is -0.378 e. The number of morpholine rings is 1. The molecule has 0 radical (unpaired) electrons. The lowest BCUT2D eigenvalue weighted by Crippen LogP contribution is -2.36. The van der Waals surface area contributed by atoms with Gasteiger partial charge in [0, 0.05) is 37.6 Å². The number of aryl methyl sites for hydroxylation is 1. The highest BCUT2D eigenvalue weighted by molar-refractivity contribution is 6.03. The summed E-state index contributed by atoms with van der Waals surface area (Å²) in [5.41, 5.74) is 2.19. The molecule has 1 saturated heterocycles. The van der Waals surface area contributed by atoms with Gasteiger partial charge >= 0.3 is 0 Å². The van der Waals surface area contributed by atoms with Gasteiger partial charge in [-0.3, -0.25) is 9.48 Å². The van der Waals surface area contributed by atoms with Crippen molar-refractivity contribution in [2.45, 2.75) is 0 Å². The summed E-state index contributed by atoms with van der Waals surface area (Å²) in [6.07, 6.45) is 1.69. The maximum atomic E-state index is 12.6. The molecule has 28 heavy (non-hydrogen) atoms. The summed E-state index contributed by atoms with van der Waals surface area (Å²) in [4.78, 5) is 19.2. The summed E-state index contributed by atoms with van der Waals surface area (Å²) in [6.45, 7) is 3.25. The van der Waals surface area contributed by atoms with E-state index in [2.05, 4.69) is 25.6 Å². The van der Waals surface area contributed by atoms with Crippen molar-refractivity contribution in [1.82, 2.24) is 14.8 Å². The van der Waals surface area contributed by atoms with Gasteiger partial charge in [-0.1, -0.05) is 6.07 Å². The van der Waals surface area contributed by atoms with Crippen LogP contribution in [-0.4, -0.2) is 47.0 Å². The maximum absolute atomic E-state index is 12.6. The molecular weight excluding hydrogens is 356 g/mol. The van der Waals surface area contributed by atoms with E-state index in [4.69, 9.17) is 4.74 Å². The third-order valence-corrected chi connectivity index (χ3v) is 4.56. The van der Waals surface area contributed by atoms with Crippen LogP contribution in [0.3, 0.4) is 0 Å². The second-order valence-corrected chi connectivity index (χ2v) is 6.47. The summed E-state index contributed by atoms with van der Waals surface area (Å²) in [5.74, 6) is 1.12. The van der Waals surface area contributed by atoms with Gasteiger partial charge in [0.05, 0.1) is 19.4 Å². The van der Waals surface area contributed by atoms with E-state index in [1.807, 2.05) is 37.4 Å². The third-order valence-electron chi connectivity index (χ3n) is 4.56. The molecule has 144 valence electrons. The highest BCUT2D eigenvalue weighted by Gasteiger charge is 2.12. The number of amides is 1. The first kappa shape index (κ1) is 18.0. The minimum atomic E-state index is -0.257. The SMILES string of the molecule is Cn1nccc1Nc1cccc(C(=O)Nc2ccc(N3CCOCC3)cc2)n1. The molecule has 1 aliphatic heterocycles. The topological polar surface area (TPSA) is 84.3 Å². The molecule has 0 saturated carbocycles. The average molecular weight is 378 g/mol. The molecule has 0 unspecified atom stereocenters. The number of carbonyl (C=O) groups is 1. The number of carbonyl (C=O) groups excluding carboxylic acids is 1. The fraction of sp³-hybridized carbons (Fsp3) is 0.250. The zero-order valence-electron chi connectivity index (χ0n) is 15.6. The number of nitrogens with zero attached hydrogens (tertiary/aromatic N) is 4. The van der Waals surface area contributed by atoms with E-state index in [0.29, 0.717) is 11.5 Å². The molecule has 2 aromatic heterocycles. The number of ether oxygens (including phenoxy) is 1. The van der Waals surface area contributed by atoms with Crippen LogP contribution < -0.4 is 15.5 Å². The molecule has 0 aliphatic carbocycles. The quantitative estimate of drug-likeness (QED) is 0.710. The second-order valence-electron chi connectivity index (χ2n) is 6.47. The Bertz CT molecular complexity index is 947. The molecule has 0 spiro atoms. The van der Waals surface area contributed by atoms with Crippen molar-refractivity contribution in [3.05, 3.63) is 60.4 Å². The van der Waals surface area contributed by atoms with Gasteiger partial charge in [-0.25, -0.2) is 4.98 Å². The van der Waals surface area contributed by atoms with Crippen LogP contribution >= 0.6 is 0 Å². The lowest BCUT2D eigenvalue weighted by atomic mass is 10.2. The number of anilines is 4. The van der Waals surface area contributed by atoms with Crippen molar-refractivity contribution >= 4 is 28.9 Å². The number of pyridine rings is 1. The predicted molar refractivity (Wildman–Crippen MR) is 108 cm³/mol. The number of aromatic nitrogens is 3. The van der Waals surface area contributed by atoms with Gasteiger partial charge in [0.1, 0.15) is 17.3 Å². The smallest absolute Gasteiger partial charge is 0.274 e. The number of nitrogens with one attached hydrogen (secondary N) is 2. The van der Waals surface area contributed by atoms with Gasteiger partial charge in [-0.2, -0.15) is 5.10 Å².